The summed E-state index contributed by atoms with van der Waals surface area (Å²) in [4.78, 5) is 11.8. The molecular weight excluding hydrogens is 264 g/mol. The maximum absolute atomic E-state index is 11.8. The minimum atomic E-state index is -3.16. The monoisotopic (exact) mass is 282 g/mol. The Bertz CT molecular complexity index is 564. The maximum Gasteiger partial charge on any atom is 0.251 e. The zero-order valence-corrected chi connectivity index (χ0v) is 11.9. The molecule has 0 saturated carbocycles. The van der Waals surface area contributed by atoms with Crippen molar-refractivity contribution in [3.63, 3.8) is 0 Å². The summed E-state index contributed by atoms with van der Waals surface area (Å²) in [7, 11) is -3.16. The normalized spacial score (nSPS) is 17.7. The van der Waals surface area contributed by atoms with E-state index in [9.17, 15) is 13.2 Å². The van der Waals surface area contributed by atoms with Crippen LogP contribution in [0.3, 0.4) is 0 Å². The van der Waals surface area contributed by atoms with Crippen LogP contribution in [-0.2, 0) is 10.0 Å². The highest BCUT2D eigenvalue weighted by Gasteiger charge is 2.28. The van der Waals surface area contributed by atoms with Gasteiger partial charge in [-0.05, 0) is 44.5 Å². The summed E-state index contributed by atoms with van der Waals surface area (Å²) < 4.78 is 24.9. The lowest BCUT2D eigenvalue weighted by Gasteiger charge is -2.17. The van der Waals surface area contributed by atoms with Crippen LogP contribution < -0.4 is 9.62 Å². The predicted molar refractivity (Wildman–Crippen MR) is 74.8 cm³/mol. The van der Waals surface area contributed by atoms with Crippen molar-refractivity contribution in [3.8, 4) is 0 Å². The van der Waals surface area contributed by atoms with Crippen molar-refractivity contribution >= 4 is 21.6 Å². The van der Waals surface area contributed by atoms with Crippen LogP contribution in [-0.4, -0.2) is 32.7 Å². The van der Waals surface area contributed by atoms with Gasteiger partial charge in [0.05, 0.1) is 11.4 Å². The third kappa shape index (κ3) is 3.07. The van der Waals surface area contributed by atoms with E-state index in [4.69, 9.17) is 0 Å². The van der Waals surface area contributed by atoms with Crippen molar-refractivity contribution in [2.24, 2.45) is 0 Å². The Hall–Kier alpha value is -1.56. The van der Waals surface area contributed by atoms with Crippen LogP contribution in [0.2, 0.25) is 0 Å². The molecule has 0 bridgehead atoms. The van der Waals surface area contributed by atoms with Crippen LogP contribution in [0.1, 0.15) is 30.6 Å². The number of hydrogen-bond acceptors (Lipinski definition) is 3. The summed E-state index contributed by atoms with van der Waals surface area (Å²) in [6, 6.07) is 6.74. The van der Waals surface area contributed by atoms with Gasteiger partial charge in [-0.25, -0.2) is 8.42 Å². The summed E-state index contributed by atoms with van der Waals surface area (Å²) in [6.45, 7) is 4.30. The fraction of sp³-hybridized carbons (Fsp3) is 0.462. The van der Waals surface area contributed by atoms with Crippen LogP contribution >= 0.6 is 0 Å². The number of carbonyl (C=O) groups is 1. The fourth-order valence-corrected chi connectivity index (χ4v) is 3.62. The van der Waals surface area contributed by atoms with Crippen molar-refractivity contribution in [1.29, 1.82) is 0 Å². The Labute approximate surface area is 113 Å². The van der Waals surface area contributed by atoms with Crippen LogP contribution in [0.5, 0.6) is 0 Å². The maximum atomic E-state index is 11.8. The fourth-order valence-electron chi connectivity index (χ4n) is 2.05. The Morgan fingerprint density at radius 1 is 1.26 bits per heavy atom. The molecule has 6 heteroatoms. The van der Waals surface area contributed by atoms with E-state index in [0.29, 0.717) is 24.2 Å². The van der Waals surface area contributed by atoms with Gasteiger partial charge in [0.15, 0.2) is 0 Å². The third-order valence-corrected chi connectivity index (χ3v) is 4.81. The SMILES string of the molecule is CC(C)NC(=O)c1ccc(N2CCCS2(=O)=O)cc1. The molecule has 1 aliphatic rings. The van der Waals surface area contributed by atoms with Crippen LogP contribution in [0.4, 0.5) is 5.69 Å². The summed E-state index contributed by atoms with van der Waals surface area (Å²) in [6.07, 6.45) is 0.651. The Morgan fingerprint density at radius 2 is 1.89 bits per heavy atom. The number of nitrogens with one attached hydrogen (secondary N) is 1. The molecule has 1 fully saturated rings. The molecule has 0 aliphatic carbocycles. The number of amides is 1. The number of benzene rings is 1. The zero-order chi connectivity index (χ0) is 14.0. The average Bonchev–Trinajstić information content (AvgIpc) is 2.68. The van der Waals surface area contributed by atoms with Gasteiger partial charge in [0.2, 0.25) is 10.0 Å². The lowest BCUT2D eigenvalue weighted by Crippen LogP contribution is -2.30. The predicted octanol–water partition coefficient (Wildman–Crippen LogP) is 1.36. The van der Waals surface area contributed by atoms with Gasteiger partial charge in [-0.3, -0.25) is 9.10 Å². The van der Waals surface area contributed by atoms with Crippen molar-refractivity contribution in [3.05, 3.63) is 29.8 Å². The van der Waals surface area contributed by atoms with Crippen LogP contribution in [0.15, 0.2) is 24.3 Å². The number of anilines is 1. The minimum absolute atomic E-state index is 0.0751. The van der Waals surface area contributed by atoms with Crippen LogP contribution in [0.25, 0.3) is 0 Å². The molecular formula is C13H18N2O3S. The molecule has 1 N–H and O–H groups in total. The first-order valence-electron chi connectivity index (χ1n) is 6.31. The zero-order valence-electron chi connectivity index (χ0n) is 11.1. The van der Waals surface area contributed by atoms with E-state index in [0.717, 1.165) is 0 Å². The van der Waals surface area contributed by atoms with Crippen LogP contribution in [0, 0.1) is 0 Å². The van der Waals surface area contributed by atoms with E-state index in [2.05, 4.69) is 5.32 Å². The van der Waals surface area contributed by atoms with E-state index in [1.54, 1.807) is 24.3 Å². The standard InChI is InChI=1S/C13H18N2O3S/c1-10(2)14-13(16)11-4-6-12(7-5-11)15-8-3-9-19(15,17)18/h4-7,10H,3,8-9H2,1-2H3,(H,14,16). The van der Waals surface area contributed by atoms with Gasteiger partial charge in [-0.1, -0.05) is 0 Å². The Balaban J connectivity index is 2.17. The smallest absolute Gasteiger partial charge is 0.251 e. The topological polar surface area (TPSA) is 66.5 Å². The molecule has 104 valence electrons. The molecule has 0 aromatic heterocycles. The van der Waals surface area contributed by atoms with Crippen molar-refractivity contribution in [2.75, 3.05) is 16.6 Å². The lowest BCUT2D eigenvalue weighted by molar-refractivity contribution is 0.0943. The van der Waals surface area contributed by atoms with Gasteiger partial charge in [-0.15, -0.1) is 0 Å². The summed E-state index contributed by atoms with van der Waals surface area (Å²) in [5.74, 6) is 0.0496. The average molecular weight is 282 g/mol. The first-order valence-corrected chi connectivity index (χ1v) is 7.92. The second kappa shape index (κ2) is 5.21. The quantitative estimate of drug-likeness (QED) is 0.910. The number of hydrogen-bond donors (Lipinski definition) is 1. The highest BCUT2D eigenvalue weighted by molar-refractivity contribution is 7.93. The summed E-state index contributed by atoms with van der Waals surface area (Å²) in [5, 5.41) is 2.79. The number of rotatable bonds is 3. The molecule has 1 amide bonds. The van der Waals surface area contributed by atoms with E-state index < -0.39 is 10.0 Å². The van der Waals surface area contributed by atoms with E-state index >= 15 is 0 Å². The molecule has 1 aromatic carbocycles. The van der Waals surface area contributed by atoms with E-state index in [1.165, 1.54) is 4.31 Å². The molecule has 1 saturated heterocycles. The molecule has 0 atom stereocenters. The second-order valence-electron chi connectivity index (χ2n) is 4.92. The van der Waals surface area contributed by atoms with Crippen molar-refractivity contribution in [2.45, 2.75) is 26.3 Å². The van der Waals surface area contributed by atoms with Crippen molar-refractivity contribution < 1.29 is 13.2 Å². The highest BCUT2D eigenvalue weighted by Crippen LogP contribution is 2.24. The highest BCUT2D eigenvalue weighted by atomic mass is 32.2. The first-order chi connectivity index (χ1) is 8.90. The Kier molecular flexibility index (Phi) is 3.80. The molecule has 0 spiro atoms. The first kappa shape index (κ1) is 13.9. The van der Waals surface area contributed by atoms with E-state index in [-0.39, 0.29) is 17.7 Å². The van der Waals surface area contributed by atoms with Gasteiger partial charge in [0, 0.05) is 18.2 Å². The summed E-state index contributed by atoms with van der Waals surface area (Å²) >= 11 is 0. The minimum Gasteiger partial charge on any atom is -0.350 e. The van der Waals surface area contributed by atoms with Gasteiger partial charge < -0.3 is 5.32 Å². The molecule has 0 radical (unpaired) electrons. The van der Waals surface area contributed by atoms with E-state index in [1.807, 2.05) is 13.8 Å². The molecule has 0 unspecified atom stereocenters. The molecule has 1 aliphatic heterocycles. The largest absolute Gasteiger partial charge is 0.350 e. The van der Waals surface area contributed by atoms with Crippen molar-refractivity contribution in [1.82, 2.24) is 5.32 Å². The van der Waals surface area contributed by atoms with Gasteiger partial charge in [0.25, 0.3) is 5.91 Å². The molecule has 19 heavy (non-hydrogen) atoms. The second-order valence-corrected chi connectivity index (χ2v) is 6.93. The van der Waals surface area contributed by atoms with Gasteiger partial charge in [0.1, 0.15) is 0 Å². The summed E-state index contributed by atoms with van der Waals surface area (Å²) in [5.41, 5.74) is 1.16. The molecule has 1 aromatic rings. The van der Waals surface area contributed by atoms with Gasteiger partial charge in [-0.2, -0.15) is 0 Å². The molecule has 1 heterocycles. The number of nitrogens with zero attached hydrogens (tertiary/aromatic N) is 1. The molecule has 5 nitrogen and oxygen atoms in total. The Morgan fingerprint density at radius 3 is 2.37 bits per heavy atom. The number of carbonyl (C=O) groups excluding carboxylic acids is 1. The number of sulfonamides is 1. The lowest BCUT2D eigenvalue weighted by atomic mass is 10.2. The third-order valence-electron chi connectivity index (χ3n) is 2.94. The van der Waals surface area contributed by atoms with Gasteiger partial charge >= 0.3 is 0 Å². The molecule has 2 rings (SSSR count).